The van der Waals surface area contributed by atoms with Gasteiger partial charge >= 0.3 is 6.18 Å². The Labute approximate surface area is 126 Å². The molecule has 0 fully saturated rings. The van der Waals surface area contributed by atoms with Crippen LogP contribution in [-0.2, 0) is 11.0 Å². The summed E-state index contributed by atoms with van der Waals surface area (Å²) < 4.78 is 40.4. The summed E-state index contributed by atoms with van der Waals surface area (Å²) in [4.78, 5) is 13.5. The molecule has 1 N–H and O–H groups in total. The molecule has 1 amide bonds. The van der Waals surface area contributed by atoms with Crippen molar-refractivity contribution in [1.29, 1.82) is 0 Å². The number of aromatic nitrogens is 2. The van der Waals surface area contributed by atoms with Gasteiger partial charge in [-0.2, -0.15) is 18.3 Å². The zero-order chi connectivity index (χ0) is 16.5. The second-order valence-corrected chi connectivity index (χ2v) is 5.39. The van der Waals surface area contributed by atoms with Gasteiger partial charge in [-0.15, -0.1) is 0 Å². The number of nitrogens with zero attached hydrogens (tertiary/aromatic N) is 3. The van der Waals surface area contributed by atoms with Crippen LogP contribution in [0.4, 0.5) is 18.9 Å². The molecule has 1 aromatic rings. The molecule has 1 aliphatic rings. The molecule has 0 spiro atoms. The van der Waals surface area contributed by atoms with Crippen molar-refractivity contribution < 1.29 is 18.0 Å². The summed E-state index contributed by atoms with van der Waals surface area (Å²) in [5.41, 5.74) is -0.843. The predicted molar refractivity (Wildman–Crippen MR) is 76.7 cm³/mol. The molecular weight excluding hydrogens is 297 g/mol. The van der Waals surface area contributed by atoms with Crippen LogP contribution in [0.2, 0.25) is 0 Å². The first kappa shape index (κ1) is 16.1. The number of hydrogen-bond acceptors (Lipinski definition) is 3. The summed E-state index contributed by atoms with van der Waals surface area (Å²) in [5, 5.41) is 5.89. The third-order valence-corrected chi connectivity index (χ3v) is 3.10. The normalized spacial score (nSPS) is 15.2. The monoisotopic (exact) mass is 314 g/mol. The van der Waals surface area contributed by atoms with Gasteiger partial charge in [-0.3, -0.25) is 4.79 Å². The molecule has 2 heterocycles. The molecule has 120 valence electrons. The highest BCUT2D eigenvalue weighted by Crippen LogP contribution is 2.34. The van der Waals surface area contributed by atoms with E-state index in [2.05, 4.69) is 10.4 Å². The van der Waals surface area contributed by atoms with Crippen molar-refractivity contribution in [3.8, 4) is 0 Å². The Kier molecular flexibility index (Phi) is 4.30. The molecule has 5 nitrogen and oxygen atoms in total. The fourth-order valence-electron chi connectivity index (χ4n) is 1.91. The second kappa shape index (κ2) is 5.86. The quantitative estimate of drug-likeness (QED) is 0.933. The van der Waals surface area contributed by atoms with Crippen LogP contribution in [0.5, 0.6) is 0 Å². The van der Waals surface area contributed by atoms with E-state index in [4.69, 9.17) is 0 Å². The maximum absolute atomic E-state index is 13.1. The molecule has 22 heavy (non-hydrogen) atoms. The van der Waals surface area contributed by atoms with E-state index >= 15 is 0 Å². The number of carbonyl (C=O) groups is 1. The number of likely N-dealkylation sites (N-methyl/N-ethyl adjacent to an activating group) is 1. The molecule has 0 saturated carbocycles. The van der Waals surface area contributed by atoms with Crippen molar-refractivity contribution in [2.24, 2.45) is 5.92 Å². The number of alkyl halides is 3. The van der Waals surface area contributed by atoms with Crippen molar-refractivity contribution in [2.75, 3.05) is 18.9 Å². The Hall–Kier alpha value is -2.25. The number of allylic oxidation sites excluding steroid dienone is 2. The fraction of sp³-hybridized carbons (Fsp3) is 0.429. The molecule has 0 radical (unpaired) electrons. The maximum Gasteiger partial charge on any atom is 0.437 e. The Balaban J connectivity index is 2.38. The molecule has 0 aliphatic carbocycles. The SMILES string of the molecule is CC(C)C(=O)Nc1cn(C2=CC=CN(C)C2)nc1C(F)(F)F. The molecule has 1 aromatic heterocycles. The van der Waals surface area contributed by atoms with Crippen molar-refractivity contribution >= 4 is 17.3 Å². The van der Waals surface area contributed by atoms with Gasteiger partial charge < -0.3 is 10.2 Å². The number of anilines is 1. The number of nitrogens with one attached hydrogen (secondary N) is 1. The van der Waals surface area contributed by atoms with Crippen molar-refractivity contribution in [1.82, 2.24) is 14.7 Å². The van der Waals surface area contributed by atoms with E-state index in [-0.39, 0.29) is 5.69 Å². The highest BCUT2D eigenvalue weighted by Gasteiger charge is 2.38. The predicted octanol–water partition coefficient (Wildman–Crippen LogP) is 2.80. The first-order valence-corrected chi connectivity index (χ1v) is 6.74. The van der Waals surface area contributed by atoms with Crippen molar-refractivity contribution in [2.45, 2.75) is 20.0 Å². The smallest absolute Gasteiger partial charge is 0.375 e. The molecule has 0 aromatic carbocycles. The second-order valence-electron chi connectivity index (χ2n) is 5.39. The van der Waals surface area contributed by atoms with E-state index in [1.54, 1.807) is 39.2 Å². The van der Waals surface area contributed by atoms with Gasteiger partial charge in [0, 0.05) is 13.0 Å². The molecule has 1 aliphatic heterocycles. The van der Waals surface area contributed by atoms with E-state index in [9.17, 15) is 18.0 Å². The summed E-state index contributed by atoms with van der Waals surface area (Å²) in [5.74, 6) is -0.910. The highest BCUT2D eigenvalue weighted by molar-refractivity contribution is 5.92. The fourth-order valence-corrected chi connectivity index (χ4v) is 1.91. The molecular formula is C14H17F3N4O. The van der Waals surface area contributed by atoms with Gasteiger partial charge in [-0.05, 0) is 18.4 Å². The Morgan fingerprint density at radius 2 is 2.09 bits per heavy atom. The zero-order valence-corrected chi connectivity index (χ0v) is 12.5. The molecule has 8 heteroatoms. The number of amides is 1. The number of rotatable bonds is 3. The minimum atomic E-state index is -4.64. The van der Waals surface area contributed by atoms with Crippen LogP contribution in [-0.4, -0.2) is 34.2 Å². The van der Waals surface area contributed by atoms with Crippen molar-refractivity contribution in [3.05, 3.63) is 30.2 Å². The summed E-state index contributed by atoms with van der Waals surface area (Å²) in [7, 11) is 1.80. The lowest BCUT2D eigenvalue weighted by atomic mass is 10.2. The standard InChI is InChI=1S/C14H17F3N4O/c1-9(2)13(22)18-11-8-21(19-12(11)14(15,16)17)10-5-4-6-20(3)7-10/h4-6,8-9H,7H2,1-3H3,(H,18,22). The van der Waals surface area contributed by atoms with Gasteiger partial charge in [0.15, 0.2) is 5.69 Å². The lowest BCUT2D eigenvalue weighted by molar-refractivity contribution is -0.140. The van der Waals surface area contributed by atoms with E-state index in [0.717, 1.165) is 4.68 Å². The Bertz CT molecular complexity index is 629. The van der Waals surface area contributed by atoms with Crippen molar-refractivity contribution in [3.63, 3.8) is 0 Å². The average molecular weight is 314 g/mol. The summed E-state index contributed by atoms with van der Waals surface area (Å²) in [6.45, 7) is 3.64. The van der Waals surface area contributed by atoms with Gasteiger partial charge in [0.1, 0.15) is 0 Å². The van der Waals surface area contributed by atoms with E-state index in [1.165, 1.54) is 6.20 Å². The van der Waals surface area contributed by atoms with Crippen LogP contribution in [0, 0.1) is 5.92 Å². The number of hydrogen-bond donors (Lipinski definition) is 1. The molecule has 0 saturated heterocycles. The lowest BCUT2D eigenvalue weighted by Crippen LogP contribution is -2.20. The average Bonchev–Trinajstić information content (AvgIpc) is 2.82. The highest BCUT2D eigenvalue weighted by atomic mass is 19.4. The van der Waals surface area contributed by atoms with Crippen LogP contribution in [0.25, 0.3) is 5.70 Å². The van der Waals surface area contributed by atoms with Gasteiger partial charge in [0.25, 0.3) is 0 Å². The minimum Gasteiger partial charge on any atom is -0.375 e. The minimum absolute atomic E-state index is 0.329. The lowest BCUT2D eigenvalue weighted by Gasteiger charge is -2.19. The number of carbonyl (C=O) groups excluding carboxylic acids is 1. The van der Waals surface area contributed by atoms with Crippen LogP contribution >= 0.6 is 0 Å². The van der Waals surface area contributed by atoms with Gasteiger partial charge in [-0.1, -0.05) is 13.8 Å². The van der Waals surface area contributed by atoms with E-state index in [1.807, 2.05) is 4.90 Å². The van der Waals surface area contributed by atoms with E-state index < -0.39 is 23.7 Å². The van der Waals surface area contributed by atoms with Crippen LogP contribution in [0.15, 0.2) is 24.5 Å². The van der Waals surface area contributed by atoms with Gasteiger partial charge in [-0.25, -0.2) is 4.68 Å². The first-order valence-electron chi connectivity index (χ1n) is 6.74. The van der Waals surface area contributed by atoms with Crippen LogP contribution in [0.1, 0.15) is 19.5 Å². The van der Waals surface area contributed by atoms with Crippen LogP contribution < -0.4 is 5.32 Å². The van der Waals surface area contributed by atoms with E-state index in [0.29, 0.717) is 12.2 Å². The third-order valence-electron chi connectivity index (χ3n) is 3.10. The Morgan fingerprint density at radius 3 is 2.64 bits per heavy atom. The Morgan fingerprint density at radius 1 is 1.41 bits per heavy atom. The van der Waals surface area contributed by atoms with Gasteiger partial charge in [0.2, 0.25) is 5.91 Å². The third kappa shape index (κ3) is 3.49. The van der Waals surface area contributed by atoms with Gasteiger partial charge in [0.05, 0.1) is 24.1 Å². The zero-order valence-electron chi connectivity index (χ0n) is 12.5. The topological polar surface area (TPSA) is 50.2 Å². The molecule has 0 bridgehead atoms. The summed E-state index contributed by atoms with van der Waals surface area (Å²) >= 11 is 0. The largest absolute Gasteiger partial charge is 0.437 e. The number of halogens is 3. The summed E-state index contributed by atoms with van der Waals surface area (Å²) in [6, 6.07) is 0. The molecule has 2 rings (SSSR count). The maximum atomic E-state index is 13.1. The van der Waals surface area contributed by atoms with Crippen LogP contribution in [0.3, 0.4) is 0 Å². The molecule has 0 atom stereocenters. The first-order chi connectivity index (χ1) is 10.2. The molecule has 0 unspecified atom stereocenters. The summed E-state index contributed by atoms with van der Waals surface area (Å²) in [6.07, 6.45) is 1.77.